The molecule has 3 rings (SSSR count). The molecule has 2 heterocycles. The summed E-state index contributed by atoms with van der Waals surface area (Å²) < 4.78 is 12.5. The zero-order valence-electron chi connectivity index (χ0n) is 34.4. The first kappa shape index (κ1) is 47.4. The number of benzene rings is 1. The lowest BCUT2D eigenvalue weighted by Crippen LogP contribution is -2.47. The van der Waals surface area contributed by atoms with Gasteiger partial charge in [0, 0.05) is 31.2 Å². The SMILES string of the molecule is CCCCCCCC/C=C\CCCCCCCCNCC(O)[C@H]1OB([C@@H](CC(=O)[C@H](Cc2ccccc2)NC(=O)c2cnccn2)CC(C)C)O[C@@H]1C(O)CO. The van der Waals surface area contributed by atoms with Crippen LogP contribution in [-0.4, -0.2) is 94.3 Å². The van der Waals surface area contributed by atoms with Gasteiger partial charge < -0.3 is 35.3 Å². The molecule has 56 heavy (non-hydrogen) atoms. The third kappa shape index (κ3) is 18.5. The van der Waals surface area contributed by atoms with E-state index < -0.39 is 55.9 Å². The second kappa shape index (κ2) is 28.4. The minimum Gasteiger partial charge on any atom is -0.403 e. The molecule has 1 aliphatic rings. The molecule has 1 saturated heterocycles. The number of nitrogens with one attached hydrogen (secondary N) is 2. The van der Waals surface area contributed by atoms with E-state index in [4.69, 9.17) is 9.31 Å². The molecule has 11 nitrogen and oxygen atoms in total. The number of hydrogen-bond donors (Lipinski definition) is 5. The second-order valence-electron chi connectivity index (χ2n) is 15.9. The number of aliphatic hydroxyl groups excluding tert-OH is 3. The van der Waals surface area contributed by atoms with Crippen molar-refractivity contribution in [1.82, 2.24) is 20.6 Å². The average molecular weight is 779 g/mol. The van der Waals surface area contributed by atoms with E-state index >= 15 is 0 Å². The molecule has 12 heteroatoms. The van der Waals surface area contributed by atoms with Gasteiger partial charge >= 0.3 is 7.12 Å². The molecule has 6 atom stereocenters. The van der Waals surface area contributed by atoms with E-state index in [1.54, 1.807) is 0 Å². The van der Waals surface area contributed by atoms with Crippen LogP contribution in [0.25, 0.3) is 0 Å². The molecule has 312 valence electrons. The molecule has 0 aliphatic carbocycles. The highest BCUT2D eigenvalue weighted by Gasteiger charge is 2.50. The summed E-state index contributed by atoms with van der Waals surface area (Å²) in [5, 5.41) is 38.0. The van der Waals surface area contributed by atoms with Crippen molar-refractivity contribution in [3.63, 3.8) is 0 Å². The van der Waals surface area contributed by atoms with Crippen LogP contribution in [0.4, 0.5) is 0 Å². The number of ketones is 1. The molecule has 5 N–H and O–H groups in total. The summed E-state index contributed by atoms with van der Waals surface area (Å²) in [6.45, 7) is 6.76. The smallest absolute Gasteiger partial charge is 0.403 e. The van der Waals surface area contributed by atoms with Gasteiger partial charge in [0.25, 0.3) is 5.91 Å². The van der Waals surface area contributed by atoms with Crippen molar-refractivity contribution >= 4 is 18.8 Å². The Morgan fingerprint density at radius 3 is 2.09 bits per heavy atom. The number of aromatic nitrogens is 2. The van der Waals surface area contributed by atoms with Gasteiger partial charge in [0.15, 0.2) is 5.78 Å². The minimum absolute atomic E-state index is 0.0278. The van der Waals surface area contributed by atoms with Crippen molar-refractivity contribution in [3.8, 4) is 0 Å². The van der Waals surface area contributed by atoms with E-state index in [0.717, 1.165) is 24.9 Å². The maximum atomic E-state index is 14.0. The fraction of sp³-hybridized carbons (Fsp3) is 0.682. The average Bonchev–Trinajstić information content (AvgIpc) is 3.66. The zero-order chi connectivity index (χ0) is 40.4. The fourth-order valence-corrected chi connectivity index (χ4v) is 7.35. The number of amides is 1. The van der Waals surface area contributed by atoms with Gasteiger partial charge in [-0.15, -0.1) is 0 Å². The highest BCUT2D eigenvalue weighted by atomic mass is 16.7. The third-order valence-corrected chi connectivity index (χ3v) is 10.5. The van der Waals surface area contributed by atoms with Crippen molar-refractivity contribution in [3.05, 3.63) is 72.3 Å². The van der Waals surface area contributed by atoms with Crippen LogP contribution in [0, 0.1) is 5.92 Å². The van der Waals surface area contributed by atoms with Crippen LogP contribution in [0.5, 0.6) is 0 Å². The van der Waals surface area contributed by atoms with E-state index in [1.165, 1.54) is 95.6 Å². The first-order chi connectivity index (χ1) is 27.2. The Labute approximate surface area is 337 Å². The Morgan fingerprint density at radius 2 is 1.48 bits per heavy atom. The summed E-state index contributed by atoms with van der Waals surface area (Å²) in [6.07, 6.45) is 23.1. The molecule has 0 bridgehead atoms. The predicted molar refractivity (Wildman–Crippen MR) is 223 cm³/mol. The quantitative estimate of drug-likeness (QED) is 0.0313. The van der Waals surface area contributed by atoms with E-state index in [9.17, 15) is 24.9 Å². The zero-order valence-corrected chi connectivity index (χ0v) is 34.4. The first-order valence-electron chi connectivity index (χ1n) is 21.5. The van der Waals surface area contributed by atoms with Crippen molar-refractivity contribution in [2.45, 2.75) is 166 Å². The Kier molecular flexibility index (Phi) is 24.0. The molecule has 1 amide bonds. The molecule has 2 unspecified atom stereocenters. The first-order valence-corrected chi connectivity index (χ1v) is 21.5. The molecule has 1 fully saturated rings. The predicted octanol–water partition coefficient (Wildman–Crippen LogP) is 6.81. The molecule has 0 spiro atoms. The van der Waals surface area contributed by atoms with E-state index in [-0.39, 0.29) is 36.8 Å². The standard InChI is InChI=1S/C44H71BN4O7/c1-4-5-6-7-8-9-10-11-12-13-14-15-16-17-18-22-25-46-32-40(52)42-43(41(53)33-50)56-45(55-42)36(28-34(2)3)30-39(51)37(29-35-23-20-19-21-24-35)49-44(54)38-31-47-26-27-48-38/h11-12,19-21,23-24,26-27,31,34,36-37,40-43,46,50,52-53H,4-10,13-18,22,25,28-30,32-33H2,1-3H3,(H,49,54)/b12-11-/t36-,37+,40?,41?,42-,43-/m1/s1. The van der Waals surface area contributed by atoms with Gasteiger partial charge in [-0.05, 0) is 63.0 Å². The monoisotopic (exact) mass is 779 g/mol. The maximum Gasteiger partial charge on any atom is 0.461 e. The van der Waals surface area contributed by atoms with Gasteiger partial charge in [-0.25, -0.2) is 4.98 Å². The van der Waals surface area contributed by atoms with E-state index in [0.29, 0.717) is 6.42 Å². The van der Waals surface area contributed by atoms with Gasteiger partial charge in [-0.2, -0.15) is 0 Å². The summed E-state index contributed by atoms with van der Waals surface area (Å²) in [5.74, 6) is -0.969. The number of nitrogens with zero attached hydrogens (tertiary/aromatic N) is 2. The van der Waals surface area contributed by atoms with Crippen molar-refractivity contribution in [2.75, 3.05) is 19.7 Å². The number of carbonyl (C=O) groups excluding carboxylic acids is 2. The van der Waals surface area contributed by atoms with Crippen molar-refractivity contribution < 1.29 is 34.2 Å². The van der Waals surface area contributed by atoms with Crippen molar-refractivity contribution in [1.29, 1.82) is 0 Å². The third-order valence-electron chi connectivity index (χ3n) is 10.5. The van der Waals surface area contributed by atoms with Gasteiger partial charge in [-0.1, -0.05) is 121 Å². The number of hydrogen-bond acceptors (Lipinski definition) is 10. The lowest BCUT2D eigenvalue weighted by atomic mass is 9.65. The maximum absolute atomic E-state index is 14.0. The van der Waals surface area contributed by atoms with Gasteiger partial charge in [0.05, 0.1) is 37.2 Å². The van der Waals surface area contributed by atoms with E-state index in [1.807, 2.05) is 44.2 Å². The molecular formula is C44H71BN4O7. The molecule has 1 aromatic carbocycles. The van der Waals surface area contributed by atoms with Crippen LogP contribution in [0.3, 0.4) is 0 Å². The molecule has 1 aliphatic heterocycles. The van der Waals surface area contributed by atoms with Crippen LogP contribution >= 0.6 is 0 Å². The number of carbonyl (C=O) groups is 2. The molecule has 1 aromatic heterocycles. The number of Topliss-reactive ketones (excluding diaryl/α,β-unsaturated/α-hetero) is 1. The lowest BCUT2D eigenvalue weighted by Gasteiger charge is -2.26. The minimum atomic E-state index is -1.28. The summed E-state index contributed by atoms with van der Waals surface area (Å²) in [7, 11) is -0.906. The number of allylic oxidation sites excluding steroid dienone is 2. The van der Waals surface area contributed by atoms with Gasteiger partial charge in [-0.3, -0.25) is 14.6 Å². The van der Waals surface area contributed by atoms with Gasteiger partial charge in [0.2, 0.25) is 0 Å². The normalized spacial score (nSPS) is 18.0. The Morgan fingerprint density at radius 1 is 0.857 bits per heavy atom. The largest absolute Gasteiger partial charge is 0.461 e. The Balaban J connectivity index is 1.46. The van der Waals surface area contributed by atoms with Crippen molar-refractivity contribution in [2.24, 2.45) is 5.92 Å². The van der Waals surface area contributed by atoms with E-state index in [2.05, 4.69) is 39.7 Å². The number of unbranched alkanes of at least 4 members (excludes halogenated alkanes) is 12. The highest BCUT2D eigenvalue weighted by molar-refractivity contribution is 6.47. The van der Waals surface area contributed by atoms with Crippen LogP contribution in [0.15, 0.2) is 61.1 Å². The van der Waals surface area contributed by atoms with Gasteiger partial charge in [0.1, 0.15) is 11.8 Å². The molecule has 0 saturated carbocycles. The van der Waals surface area contributed by atoms with Crippen LogP contribution in [-0.2, 0) is 20.5 Å². The van der Waals surface area contributed by atoms with Crippen LogP contribution in [0.1, 0.15) is 140 Å². The Hall–Kier alpha value is -3.00. The number of rotatable bonds is 31. The summed E-state index contributed by atoms with van der Waals surface area (Å²) in [5.41, 5.74) is 0.997. The summed E-state index contributed by atoms with van der Waals surface area (Å²) in [4.78, 5) is 35.2. The highest BCUT2D eigenvalue weighted by Crippen LogP contribution is 2.35. The molecule has 0 radical (unpaired) electrons. The fourth-order valence-electron chi connectivity index (χ4n) is 7.35. The topological polar surface area (TPSA) is 163 Å². The second-order valence-corrected chi connectivity index (χ2v) is 15.9. The van der Waals surface area contributed by atoms with Crippen LogP contribution in [0.2, 0.25) is 5.82 Å². The molecule has 2 aromatic rings. The molecular weight excluding hydrogens is 707 g/mol. The summed E-state index contributed by atoms with van der Waals surface area (Å²) >= 11 is 0. The lowest BCUT2D eigenvalue weighted by molar-refractivity contribution is -0.121. The van der Waals surface area contributed by atoms with Crippen LogP contribution < -0.4 is 10.6 Å². The summed E-state index contributed by atoms with van der Waals surface area (Å²) in [6, 6.07) is 8.62. The number of aliphatic hydroxyl groups is 3. The Bertz CT molecular complexity index is 1360.